The van der Waals surface area contributed by atoms with Crippen LogP contribution in [0.2, 0.25) is 0 Å². The standard InChI is InChI=1S/C3H8NP.CH4.Y/c1-3(2)5-4;;/h3-4H,1-2H3;1H4;. The molecule has 0 aliphatic carbocycles. The summed E-state index contributed by atoms with van der Waals surface area (Å²) in [5.74, 6) is 0. The Hall–Kier alpha value is 1.20. The second kappa shape index (κ2) is 10.2. The fourth-order valence-electron chi connectivity index (χ4n) is 0. The summed E-state index contributed by atoms with van der Waals surface area (Å²) >= 11 is 0. The van der Waals surface area contributed by atoms with Crippen molar-refractivity contribution in [3.05, 3.63) is 0 Å². The normalized spacial score (nSPS) is 7.29. The van der Waals surface area contributed by atoms with Gasteiger partial charge < -0.3 is 0 Å². The molecular weight excluding hydrogens is 182 g/mol. The van der Waals surface area contributed by atoms with Gasteiger partial charge in [0.05, 0.1) is 0 Å². The van der Waals surface area contributed by atoms with Gasteiger partial charge in [0.2, 0.25) is 0 Å². The average molecular weight is 194 g/mol. The Morgan fingerprint density at radius 2 is 1.57 bits per heavy atom. The molecule has 0 heterocycles. The fourth-order valence-corrected chi connectivity index (χ4v) is 0. The largest absolute Gasteiger partial charge is 0.284 e. The van der Waals surface area contributed by atoms with Crippen LogP contribution in [0.5, 0.6) is 0 Å². The molecule has 0 aromatic carbocycles. The molecule has 0 saturated carbocycles. The van der Waals surface area contributed by atoms with Crippen molar-refractivity contribution in [3.63, 3.8) is 0 Å². The third kappa shape index (κ3) is 19.0. The van der Waals surface area contributed by atoms with E-state index in [2.05, 4.69) is 0 Å². The zero-order valence-electron chi connectivity index (χ0n) is 4.10. The second-order valence-corrected chi connectivity index (χ2v) is 2.51. The Balaban J connectivity index is -0.0000000800. The Morgan fingerprint density at radius 1 is 1.43 bits per heavy atom. The first-order valence-corrected chi connectivity index (χ1v) is 2.60. The van der Waals surface area contributed by atoms with Crippen molar-refractivity contribution in [3.8, 4) is 0 Å². The van der Waals surface area contributed by atoms with Gasteiger partial charge in [-0.2, -0.15) is 0 Å². The van der Waals surface area contributed by atoms with Crippen molar-refractivity contribution < 1.29 is 32.7 Å². The first-order valence-electron chi connectivity index (χ1n) is 1.64. The molecule has 41 valence electrons. The van der Waals surface area contributed by atoms with Crippen molar-refractivity contribution >= 4 is 8.37 Å². The summed E-state index contributed by atoms with van der Waals surface area (Å²) in [6.45, 7) is 4.04. The van der Waals surface area contributed by atoms with Crippen LogP contribution < -0.4 is 0 Å². The molecule has 0 aromatic rings. The van der Waals surface area contributed by atoms with Gasteiger partial charge in [-0.3, -0.25) is 5.16 Å². The summed E-state index contributed by atoms with van der Waals surface area (Å²) in [6, 6.07) is 0. The van der Waals surface area contributed by atoms with E-state index in [1.165, 1.54) is 0 Å². The van der Waals surface area contributed by atoms with Gasteiger partial charge in [-0.05, 0) is 0 Å². The van der Waals surface area contributed by atoms with Crippen LogP contribution in [0, 0.1) is 5.16 Å². The Bertz CT molecular complexity index is 38.7. The summed E-state index contributed by atoms with van der Waals surface area (Å²) in [5, 5.41) is 6.63. The predicted octanol–water partition coefficient (Wildman–Crippen LogP) is 2.74. The SMILES string of the molecule is C.CC(C)P=N.[Y]. The van der Waals surface area contributed by atoms with Crippen molar-refractivity contribution in [1.82, 2.24) is 0 Å². The molecule has 1 radical (unpaired) electrons. The van der Waals surface area contributed by atoms with E-state index in [1.807, 2.05) is 13.8 Å². The van der Waals surface area contributed by atoms with Gasteiger partial charge in [0.1, 0.15) is 0 Å². The van der Waals surface area contributed by atoms with Crippen molar-refractivity contribution in [2.24, 2.45) is 0 Å². The molecule has 0 spiro atoms. The van der Waals surface area contributed by atoms with Crippen LogP contribution in [-0.4, -0.2) is 5.66 Å². The van der Waals surface area contributed by atoms with Gasteiger partial charge in [0.15, 0.2) is 0 Å². The molecule has 0 amide bonds. The monoisotopic (exact) mass is 194 g/mol. The molecule has 0 aromatic heterocycles. The van der Waals surface area contributed by atoms with E-state index in [-0.39, 0.29) is 40.1 Å². The van der Waals surface area contributed by atoms with Crippen LogP contribution in [0.25, 0.3) is 0 Å². The molecule has 1 N–H and O–H groups in total. The number of rotatable bonds is 1. The third-order valence-corrected chi connectivity index (χ3v) is 0.775. The van der Waals surface area contributed by atoms with Crippen molar-refractivity contribution in [2.45, 2.75) is 26.9 Å². The van der Waals surface area contributed by atoms with E-state index in [0.29, 0.717) is 5.66 Å². The number of hydrogen-bond acceptors (Lipinski definition) is 1. The molecule has 0 aliphatic rings. The average Bonchev–Trinajstić information content (AvgIpc) is 1.38. The maximum atomic E-state index is 6.63. The molecule has 0 aliphatic heterocycles. The fraction of sp³-hybridized carbons (Fsp3) is 1.00. The summed E-state index contributed by atoms with van der Waals surface area (Å²) in [7, 11) is 0.747. The summed E-state index contributed by atoms with van der Waals surface area (Å²) < 4.78 is 0. The van der Waals surface area contributed by atoms with Crippen LogP contribution in [0.1, 0.15) is 21.3 Å². The first kappa shape index (κ1) is 15.7. The zero-order chi connectivity index (χ0) is 4.28. The molecule has 1 nitrogen and oxygen atoms in total. The number of hydrogen-bond donors (Lipinski definition) is 1. The van der Waals surface area contributed by atoms with E-state index in [1.54, 1.807) is 0 Å². The smallest absolute Gasteiger partial charge is 0.0124 e. The van der Waals surface area contributed by atoms with Crippen LogP contribution in [-0.2, 0) is 32.7 Å². The van der Waals surface area contributed by atoms with Crippen LogP contribution in [0.4, 0.5) is 0 Å². The Morgan fingerprint density at radius 3 is 1.57 bits per heavy atom. The van der Waals surface area contributed by atoms with Crippen molar-refractivity contribution in [2.75, 3.05) is 0 Å². The van der Waals surface area contributed by atoms with Gasteiger partial charge in [0, 0.05) is 46.7 Å². The van der Waals surface area contributed by atoms with E-state index >= 15 is 0 Å². The van der Waals surface area contributed by atoms with E-state index in [9.17, 15) is 0 Å². The first-order chi connectivity index (χ1) is 2.27. The topological polar surface area (TPSA) is 23.9 Å². The minimum atomic E-state index is 0. The summed E-state index contributed by atoms with van der Waals surface area (Å²) in [4.78, 5) is 0. The van der Waals surface area contributed by atoms with Gasteiger partial charge in [-0.25, -0.2) is 0 Å². The quantitative estimate of drug-likeness (QED) is 0.620. The second-order valence-electron chi connectivity index (χ2n) is 1.22. The summed E-state index contributed by atoms with van der Waals surface area (Å²) in [5.41, 5.74) is 0.523. The van der Waals surface area contributed by atoms with E-state index in [0.717, 1.165) is 8.37 Å². The molecule has 3 heteroatoms. The zero-order valence-corrected chi connectivity index (χ0v) is 7.83. The maximum absolute atomic E-state index is 6.63. The van der Waals surface area contributed by atoms with Crippen LogP contribution in [0.15, 0.2) is 0 Å². The molecule has 0 rings (SSSR count). The number of nitrogens with one attached hydrogen (secondary N) is 1. The molecular formula is C4H12NPY. The Labute approximate surface area is 72.8 Å². The maximum Gasteiger partial charge on any atom is 0.0124 e. The summed E-state index contributed by atoms with van der Waals surface area (Å²) in [6.07, 6.45) is 0. The molecule has 7 heavy (non-hydrogen) atoms. The molecule has 0 fully saturated rings. The van der Waals surface area contributed by atoms with Crippen molar-refractivity contribution in [1.29, 1.82) is 5.16 Å². The third-order valence-electron chi connectivity index (χ3n) is 0.258. The minimum Gasteiger partial charge on any atom is -0.284 e. The van der Waals surface area contributed by atoms with Crippen LogP contribution in [0.3, 0.4) is 0 Å². The predicted molar refractivity (Wildman–Crippen MR) is 31.5 cm³/mol. The Kier molecular flexibility index (Phi) is 23.0. The molecule has 0 unspecified atom stereocenters. The molecule has 0 bridgehead atoms. The van der Waals surface area contributed by atoms with E-state index < -0.39 is 0 Å². The molecule has 0 atom stereocenters. The molecule has 0 saturated heterocycles. The van der Waals surface area contributed by atoms with E-state index in [4.69, 9.17) is 5.16 Å². The van der Waals surface area contributed by atoms with Gasteiger partial charge >= 0.3 is 0 Å². The van der Waals surface area contributed by atoms with Gasteiger partial charge in [-0.15, -0.1) is 0 Å². The van der Waals surface area contributed by atoms with Crippen LogP contribution >= 0.6 is 8.37 Å². The minimum absolute atomic E-state index is 0. The van der Waals surface area contributed by atoms with Gasteiger partial charge in [0.25, 0.3) is 0 Å². The van der Waals surface area contributed by atoms with Gasteiger partial charge in [-0.1, -0.05) is 21.3 Å².